The highest BCUT2D eigenvalue weighted by Crippen LogP contribution is 2.29. The van der Waals surface area contributed by atoms with Gasteiger partial charge in [0.1, 0.15) is 0 Å². The molecule has 1 aliphatic rings. The number of aryl methyl sites for hydroxylation is 2. The van der Waals surface area contributed by atoms with Crippen molar-refractivity contribution in [1.82, 2.24) is 10.2 Å². The monoisotopic (exact) mass is 404 g/mol. The Morgan fingerprint density at radius 2 is 1.89 bits per heavy atom. The Balaban J connectivity index is 1.58. The highest BCUT2D eigenvalue weighted by Gasteiger charge is 2.21. The van der Waals surface area contributed by atoms with Gasteiger partial charge in [0.05, 0.1) is 11.4 Å². The number of hydrogen-bond acceptors (Lipinski definition) is 3. The summed E-state index contributed by atoms with van der Waals surface area (Å²) >= 11 is 7.47. The topological polar surface area (TPSA) is 49.4 Å². The van der Waals surface area contributed by atoms with Crippen molar-refractivity contribution in [3.63, 3.8) is 0 Å². The molecule has 0 unspecified atom stereocenters. The molecular weight excluding hydrogens is 380 g/mol. The molecule has 1 N–H and O–H groups in total. The average molecular weight is 405 g/mol. The fraction of sp³-hybridized carbons (Fsp3) is 0.429. The van der Waals surface area contributed by atoms with Gasteiger partial charge in [0.25, 0.3) is 5.91 Å². The third-order valence-electron chi connectivity index (χ3n) is 4.86. The van der Waals surface area contributed by atoms with Gasteiger partial charge in [-0.05, 0) is 61.9 Å². The lowest BCUT2D eigenvalue weighted by atomic mass is 10.1. The number of benzene rings is 1. The first-order valence-electron chi connectivity index (χ1n) is 9.49. The molecule has 0 fully saturated rings. The molecule has 0 saturated carbocycles. The number of hydrogen-bond donors (Lipinski definition) is 1. The van der Waals surface area contributed by atoms with Gasteiger partial charge in [-0.15, -0.1) is 11.3 Å². The number of carbonyl (C=O) groups is 2. The summed E-state index contributed by atoms with van der Waals surface area (Å²) in [7, 11) is 0. The number of nitrogens with one attached hydrogen (secondary N) is 1. The van der Waals surface area contributed by atoms with E-state index in [1.54, 1.807) is 28.4 Å². The number of nitrogens with zero attached hydrogens (tertiary/aromatic N) is 1. The lowest BCUT2D eigenvalue weighted by Crippen LogP contribution is -2.40. The Morgan fingerprint density at radius 1 is 1.15 bits per heavy atom. The first-order chi connectivity index (χ1) is 13.1. The van der Waals surface area contributed by atoms with E-state index in [4.69, 9.17) is 11.6 Å². The molecule has 6 heteroatoms. The molecule has 0 atom stereocenters. The van der Waals surface area contributed by atoms with Gasteiger partial charge in [0, 0.05) is 23.0 Å². The Hall–Kier alpha value is -1.85. The summed E-state index contributed by atoms with van der Waals surface area (Å²) in [5.41, 5.74) is 2.30. The average Bonchev–Trinajstić information content (AvgIpc) is 2.95. The van der Waals surface area contributed by atoms with Gasteiger partial charge in [-0.2, -0.15) is 0 Å². The van der Waals surface area contributed by atoms with E-state index in [0.717, 1.165) is 23.3 Å². The number of fused-ring (bicyclic) bond motifs is 1. The van der Waals surface area contributed by atoms with Crippen molar-refractivity contribution in [2.45, 2.75) is 45.6 Å². The van der Waals surface area contributed by atoms with Crippen molar-refractivity contribution >= 4 is 34.8 Å². The largest absolute Gasteiger partial charge is 0.350 e. The van der Waals surface area contributed by atoms with Gasteiger partial charge in [0.2, 0.25) is 5.91 Å². The number of halogens is 1. The molecule has 1 aliphatic carbocycles. The summed E-state index contributed by atoms with van der Waals surface area (Å²) in [4.78, 5) is 28.9. The van der Waals surface area contributed by atoms with Crippen LogP contribution in [0.15, 0.2) is 30.3 Å². The van der Waals surface area contributed by atoms with Crippen LogP contribution in [-0.2, 0) is 24.2 Å². The Labute approximate surface area is 169 Å². The van der Waals surface area contributed by atoms with Crippen LogP contribution in [0.3, 0.4) is 0 Å². The van der Waals surface area contributed by atoms with Crippen LogP contribution in [0, 0.1) is 0 Å². The van der Waals surface area contributed by atoms with Crippen molar-refractivity contribution in [1.29, 1.82) is 0 Å². The maximum absolute atomic E-state index is 12.9. The van der Waals surface area contributed by atoms with Gasteiger partial charge in [-0.25, -0.2) is 0 Å². The molecule has 1 aromatic heterocycles. The van der Waals surface area contributed by atoms with E-state index in [0.29, 0.717) is 18.1 Å². The minimum atomic E-state index is -0.154. The first kappa shape index (κ1) is 19.9. The molecule has 144 valence electrons. The maximum atomic E-state index is 12.9. The summed E-state index contributed by atoms with van der Waals surface area (Å²) in [5.74, 6) is -0.199. The van der Waals surface area contributed by atoms with Gasteiger partial charge < -0.3 is 10.2 Å². The molecule has 3 rings (SSSR count). The SMILES string of the molecule is CCN(CC(=O)NCc1ccc(Cl)cc1)C(=O)c1cc2c(s1)CCCCC2. The summed E-state index contributed by atoms with van der Waals surface area (Å²) in [6.45, 7) is 2.92. The fourth-order valence-corrected chi connectivity index (χ4v) is 4.64. The minimum absolute atomic E-state index is 0.0442. The summed E-state index contributed by atoms with van der Waals surface area (Å²) < 4.78 is 0. The zero-order valence-corrected chi connectivity index (χ0v) is 17.2. The maximum Gasteiger partial charge on any atom is 0.264 e. The molecule has 0 radical (unpaired) electrons. The van der Waals surface area contributed by atoms with Crippen molar-refractivity contribution in [3.05, 3.63) is 56.2 Å². The predicted molar refractivity (Wildman–Crippen MR) is 110 cm³/mol. The number of thiophene rings is 1. The van der Waals surface area contributed by atoms with E-state index in [1.807, 2.05) is 25.1 Å². The van der Waals surface area contributed by atoms with E-state index < -0.39 is 0 Å². The van der Waals surface area contributed by atoms with Crippen LogP contribution < -0.4 is 5.32 Å². The molecule has 2 amide bonds. The van der Waals surface area contributed by atoms with Crippen LogP contribution >= 0.6 is 22.9 Å². The number of amides is 2. The first-order valence-corrected chi connectivity index (χ1v) is 10.7. The van der Waals surface area contributed by atoms with Crippen LogP contribution in [-0.4, -0.2) is 29.8 Å². The zero-order valence-electron chi connectivity index (χ0n) is 15.6. The number of rotatable bonds is 6. The van der Waals surface area contributed by atoms with Gasteiger partial charge >= 0.3 is 0 Å². The lowest BCUT2D eigenvalue weighted by molar-refractivity contribution is -0.121. The molecule has 0 bridgehead atoms. The second-order valence-corrected chi connectivity index (χ2v) is 8.42. The van der Waals surface area contributed by atoms with Gasteiger partial charge in [-0.3, -0.25) is 9.59 Å². The second-order valence-electron chi connectivity index (χ2n) is 6.84. The van der Waals surface area contributed by atoms with E-state index in [2.05, 4.69) is 5.32 Å². The van der Waals surface area contributed by atoms with Crippen molar-refractivity contribution in [2.75, 3.05) is 13.1 Å². The molecule has 4 nitrogen and oxygen atoms in total. The quantitative estimate of drug-likeness (QED) is 0.723. The third kappa shape index (κ3) is 5.33. The standard InChI is InChI=1S/C21H25ClN2O2S/c1-2-24(14-20(25)23-13-15-8-10-17(22)11-9-15)21(26)19-12-16-6-4-3-5-7-18(16)27-19/h8-12H,2-7,13-14H2,1H3,(H,23,25). The lowest BCUT2D eigenvalue weighted by Gasteiger charge is -2.19. The summed E-state index contributed by atoms with van der Waals surface area (Å²) in [5, 5.41) is 3.54. The van der Waals surface area contributed by atoms with Gasteiger partial charge in [-0.1, -0.05) is 30.2 Å². The Kier molecular flexibility index (Phi) is 6.91. The normalized spacial score (nSPS) is 13.6. The molecule has 0 saturated heterocycles. The predicted octanol–water partition coefficient (Wildman–Crippen LogP) is 4.45. The van der Waals surface area contributed by atoms with Crippen LogP contribution in [0.4, 0.5) is 0 Å². The van der Waals surface area contributed by atoms with Crippen molar-refractivity contribution < 1.29 is 9.59 Å². The van der Waals surface area contributed by atoms with E-state index in [1.165, 1.54) is 29.7 Å². The highest BCUT2D eigenvalue weighted by molar-refractivity contribution is 7.14. The van der Waals surface area contributed by atoms with Crippen molar-refractivity contribution in [2.24, 2.45) is 0 Å². The summed E-state index contributed by atoms with van der Waals surface area (Å²) in [6.07, 6.45) is 5.79. The fourth-order valence-electron chi connectivity index (χ4n) is 3.29. The van der Waals surface area contributed by atoms with Crippen molar-refractivity contribution in [3.8, 4) is 0 Å². The van der Waals surface area contributed by atoms with E-state index in [9.17, 15) is 9.59 Å². The third-order valence-corrected chi connectivity index (χ3v) is 6.34. The van der Waals surface area contributed by atoms with Gasteiger partial charge in [0.15, 0.2) is 0 Å². The Morgan fingerprint density at radius 3 is 2.63 bits per heavy atom. The molecule has 0 aliphatic heterocycles. The molecule has 0 spiro atoms. The van der Waals surface area contributed by atoms with Crippen LogP contribution in [0.1, 0.15) is 51.9 Å². The number of carbonyl (C=O) groups excluding carboxylic acids is 2. The Bertz CT molecular complexity index is 778. The molecule has 1 aromatic carbocycles. The van der Waals surface area contributed by atoms with E-state index >= 15 is 0 Å². The highest BCUT2D eigenvalue weighted by atomic mass is 35.5. The number of likely N-dealkylation sites (N-methyl/N-ethyl adjacent to an activating group) is 1. The second kappa shape index (κ2) is 9.38. The molecule has 1 heterocycles. The molecule has 27 heavy (non-hydrogen) atoms. The molecule has 2 aromatic rings. The van der Waals surface area contributed by atoms with Crippen LogP contribution in [0.25, 0.3) is 0 Å². The minimum Gasteiger partial charge on any atom is -0.350 e. The summed E-state index contributed by atoms with van der Waals surface area (Å²) in [6, 6.07) is 9.40. The molecular formula is C21H25ClN2O2S. The zero-order chi connectivity index (χ0) is 19.2. The smallest absolute Gasteiger partial charge is 0.264 e. The van der Waals surface area contributed by atoms with Crippen LogP contribution in [0.2, 0.25) is 5.02 Å². The van der Waals surface area contributed by atoms with E-state index in [-0.39, 0.29) is 18.4 Å². The van der Waals surface area contributed by atoms with Crippen LogP contribution in [0.5, 0.6) is 0 Å².